The van der Waals surface area contributed by atoms with Crippen molar-refractivity contribution in [2.45, 2.75) is 6.92 Å². The molecule has 0 radical (unpaired) electrons. The van der Waals surface area contributed by atoms with Crippen LogP contribution in [-0.4, -0.2) is 18.3 Å². The number of rotatable bonds is 4. The molecule has 3 nitrogen and oxygen atoms in total. The van der Waals surface area contributed by atoms with Gasteiger partial charge in [0, 0.05) is 5.75 Å². The Labute approximate surface area is 77.7 Å². The van der Waals surface area contributed by atoms with Crippen LogP contribution in [0.2, 0.25) is 0 Å². The molecule has 4 heteroatoms. The summed E-state index contributed by atoms with van der Waals surface area (Å²) in [5.41, 5.74) is 6.28. The predicted molar refractivity (Wildman–Crippen MR) is 51.9 cm³/mol. The van der Waals surface area contributed by atoms with E-state index in [0.717, 1.165) is 0 Å². The number of thiol groups is 1. The van der Waals surface area contributed by atoms with Gasteiger partial charge in [0.1, 0.15) is 12.3 Å². The standard InChI is InChI=1S/C8H13NO2S/c1-3-4-11-8(10)7(9)6(2)5-12/h3,12H,1,4-5,9H2,2H3/b7-6+. The van der Waals surface area contributed by atoms with Gasteiger partial charge in [0.2, 0.25) is 0 Å². The molecule has 0 bridgehead atoms. The SMILES string of the molecule is C=CCOC(=O)/C(N)=C(/C)CS. The Balaban J connectivity index is 4.18. The molecule has 2 N–H and O–H groups in total. The van der Waals surface area contributed by atoms with Crippen molar-refractivity contribution in [3.63, 3.8) is 0 Å². The maximum atomic E-state index is 11.0. The third kappa shape index (κ3) is 3.48. The zero-order valence-electron chi connectivity index (χ0n) is 7.04. The van der Waals surface area contributed by atoms with Crippen molar-refractivity contribution in [3.05, 3.63) is 23.9 Å². The summed E-state index contributed by atoms with van der Waals surface area (Å²) in [4.78, 5) is 11.0. The first-order valence-electron chi connectivity index (χ1n) is 3.47. The minimum Gasteiger partial charge on any atom is -0.457 e. The first kappa shape index (κ1) is 11.1. The average molecular weight is 187 g/mol. The fourth-order valence-corrected chi connectivity index (χ4v) is 0.642. The number of hydrogen-bond acceptors (Lipinski definition) is 4. The third-order valence-corrected chi connectivity index (χ3v) is 1.72. The molecule has 68 valence electrons. The summed E-state index contributed by atoms with van der Waals surface area (Å²) < 4.78 is 4.70. The summed E-state index contributed by atoms with van der Waals surface area (Å²) in [5.74, 6) is -0.0592. The van der Waals surface area contributed by atoms with Crippen LogP contribution in [-0.2, 0) is 9.53 Å². The Hall–Kier alpha value is -0.900. The Kier molecular flexibility index (Phi) is 5.28. The van der Waals surface area contributed by atoms with Crippen molar-refractivity contribution in [2.24, 2.45) is 5.73 Å². The van der Waals surface area contributed by atoms with E-state index < -0.39 is 5.97 Å². The normalized spacial score (nSPS) is 11.8. The molecular weight excluding hydrogens is 174 g/mol. The van der Waals surface area contributed by atoms with Crippen LogP contribution in [0.15, 0.2) is 23.9 Å². The van der Waals surface area contributed by atoms with Crippen LogP contribution in [0, 0.1) is 0 Å². The van der Waals surface area contributed by atoms with Gasteiger partial charge in [-0.25, -0.2) is 4.79 Å². The van der Waals surface area contributed by atoms with Gasteiger partial charge < -0.3 is 10.5 Å². The highest BCUT2D eigenvalue weighted by molar-refractivity contribution is 7.80. The maximum absolute atomic E-state index is 11.0. The average Bonchev–Trinajstić information content (AvgIpc) is 2.11. The Morgan fingerprint density at radius 3 is 2.75 bits per heavy atom. The summed E-state index contributed by atoms with van der Waals surface area (Å²) in [5, 5.41) is 0. The lowest BCUT2D eigenvalue weighted by molar-refractivity contribution is -0.137. The minimum atomic E-state index is -0.513. The zero-order valence-corrected chi connectivity index (χ0v) is 7.93. The lowest BCUT2D eigenvalue weighted by atomic mass is 10.2. The molecule has 0 aliphatic carbocycles. The fraction of sp³-hybridized carbons (Fsp3) is 0.375. The molecule has 0 rings (SSSR count). The first-order valence-corrected chi connectivity index (χ1v) is 4.10. The molecule has 0 atom stereocenters. The molecule has 0 aromatic heterocycles. The molecule has 0 saturated carbocycles. The van der Waals surface area contributed by atoms with Gasteiger partial charge in [-0.3, -0.25) is 0 Å². The van der Waals surface area contributed by atoms with E-state index in [1.54, 1.807) is 6.92 Å². The highest BCUT2D eigenvalue weighted by atomic mass is 32.1. The number of carbonyl (C=O) groups excluding carboxylic acids is 1. The largest absolute Gasteiger partial charge is 0.457 e. The fourth-order valence-electron chi connectivity index (χ4n) is 0.472. The molecule has 12 heavy (non-hydrogen) atoms. The highest BCUT2D eigenvalue weighted by Gasteiger charge is 2.08. The van der Waals surface area contributed by atoms with Crippen LogP contribution in [0.25, 0.3) is 0 Å². The molecular formula is C8H13NO2S. The van der Waals surface area contributed by atoms with Gasteiger partial charge in [0.15, 0.2) is 0 Å². The van der Waals surface area contributed by atoms with E-state index >= 15 is 0 Å². The van der Waals surface area contributed by atoms with E-state index in [-0.39, 0.29) is 12.3 Å². The summed E-state index contributed by atoms with van der Waals surface area (Å²) in [6.07, 6.45) is 1.49. The van der Waals surface area contributed by atoms with Crippen LogP contribution in [0.1, 0.15) is 6.92 Å². The number of carbonyl (C=O) groups is 1. The molecule has 0 aliphatic rings. The highest BCUT2D eigenvalue weighted by Crippen LogP contribution is 2.01. The van der Waals surface area contributed by atoms with Gasteiger partial charge in [0.05, 0.1) is 0 Å². The molecule has 0 aromatic carbocycles. The van der Waals surface area contributed by atoms with E-state index in [9.17, 15) is 4.79 Å². The molecule has 0 heterocycles. The summed E-state index contributed by atoms with van der Waals surface area (Å²) in [6, 6.07) is 0. The lowest BCUT2D eigenvalue weighted by Gasteiger charge is -2.04. The molecule has 0 spiro atoms. The van der Waals surface area contributed by atoms with Gasteiger partial charge in [-0.2, -0.15) is 12.6 Å². The number of esters is 1. The number of ether oxygens (including phenoxy) is 1. The van der Waals surface area contributed by atoms with E-state index in [2.05, 4.69) is 19.2 Å². The quantitative estimate of drug-likeness (QED) is 0.297. The van der Waals surface area contributed by atoms with Crippen LogP contribution < -0.4 is 5.73 Å². The Morgan fingerprint density at radius 1 is 1.75 bits per heavy atom. The molecule has 0 amide bonds. The number of hydrogen-bond donors (Lipinski definition) is 2. The molecule has 0 aliphatic heterocycles. The van der Waals surface area contributed by atoms with Crippen molar-refractivity contribution in [1.29, 1.82) is 0 Å². The van der Waals surface area contributed by atoms with E-state index in [1.807, 2.05) is 0 Å². The van der Waals surface area contributed by atoms with Crippen LogP contribution >= 0.6 is 12.6 Å². The van der Waals surface area contributed by atoms with Crippen LogP contribution in [0.5, 0.6) is 0 Å². The van der Waals surface area contributed by atoms with Gasteiger partial charge in [-0.1, -0.05) is 12.7 Å². The second kappa shape index (κ2) is 5.71. The van der Waals surface area contributed by atoms with Gasteiger partial charge >= 0.3 is 5.97 Å². The Bertz CT molecular complexity index is 211. The van der Waals surface area contributed by atoms with E-state index in [4.69, 9.17) is 10.5 Å². The summed E-state index contributed by atoms with van der Waals surface area (Å²) >= 11 is 3.97. The smallest absolute Gasteiger partial charge is 0.354 e. The maximum Gasteiger partial charge on any atom is 0.354 e. The monoisotopic (exact) mass is 187 g/mol. The Morgan fingerprint density at radius 2 is 2.33 bits per heavy atom. The zero-order chi connectivity index (χ0) is 9.56. The van der Waals surface area contributed by atoms with Crippen molar-refractivity contribution in [3.8, 4) is 0 Å². The molecule has 0 fully saturated rings. The second-order valence-corrected chi connectivity index (χ2v) is 2.56. The van der Waals surface area contributed by atoms with E-state index in [1.165, 1.54) is 6.08 Å². The van der Waals surface area contributed by atoms with Crippen molar-refractivity contribution < 1.29 is 9.53 Å². The van der Waals surface area contributed by atoms with Gasteiger partial charge in [0.25, 0.3) is 0 Å². The lowest BCUT2D eigenvalue weighted by Crippen LogP contribution is -2.17. The van der Waals surface area contributed by atoms with Crippen molar-refractivity contribution in [1.82, 2.24) is 0 Å². The number of nitrogens with two attached hydrogens (primary N) is 1. The predicted octanol–water partition coefficient (Wildman–Crippen LogP) is 0.878. The molecule has 0 aromatic rings. The van der Waals surface area contributed by atoms with Gasteiger partial charge in [-0.05, 0) is 12.5 Å². The van der Waals surface area contributed by atoms with E-state index in [0.29, 0.717) is 11.3 Å². The minimum absolute atomic E-state index is 0.131. The third-order valence-electron chi connectivity index (χ3n) is 1.25. The van der Waals surface area contributed by atoms with Crippen LogP contribution in [0.3, 0.4) is 0 Å². The van der Waals surface area contributed by atoms with Crippen molar-refractivity contribution in [2.75, 3.05) is 12.4 Å². The second-order valence-electron chi connectivity index (χ2n) is 2.24. The van der Waals surface area contributed by atoms with Crippen LogP contribution in [0.4, 0.5) is 0 Å². The topological polar surface area (TPSA) is 52.3 Å². The molecule has 0 saturated heterocycles. The molecule has 0 unspecified atom stereocenters. The first-order chi connectivity index (χ1) is 5.63. The van der Waals surface area contributed by atoms with Crippen molar-refractivity contribution >= 4 is 18.6 Å². The summed E-state index contributed by atoms with van der Waals surface area (Å²) in [7, 11) is 0. The van der Waals surface area contributed by atoms with Gasteiger partial charge in [-0.15, -0.1) is 0 Å². The summed E-state index contributed by atoms with van der Waals surface area (Å²) in [6.45, 7) is 5.32.